The first-order chi connectivity index (χ1) is 11.0. The van der Waals surface area contributed by atoms with E-state index in [9.17, 15) is 0 Å². The fraction of sp³-hybridized carbons (Fsp3) is 0.235. The minimum atomic E-state index is 0.474. The molecule has 6 heteroatoms. The predicted octanol–water partition coefficient (Wildman–Crippen LogP) is 5.71. The summed E-state index contributed by atoms with van der Waals surface area (Å²) in [5.74, 6) is 1.48. The average molecular weight is 385 g/mol. The molecule has 0 saturated carbocycles. The van der Waals surface area contributed by atoms with E-state index in [1.165, 1.54) is 4.90 Å². The summed E-state index contributed by atoms with van der Waals surface area (Å²) in [6.45, 7) is 2.99. The van der Waals surface area contributed by atoms with Crippen molar-refractivity contribution in [3.63, 3.8) is 0 Å². The largest absolute Gasteiger partial charge is 0.362 e. The van der Waals surface area contributed by atoms with Crippen molar-refractivity contribution in [1.29, 1.82) is 0 Å². The first-order valence-electron chi connectivity index (χ1n) is 7.22. The van der Waals surface area contributed by atoms with Gasteiger partial charge in [0.05, 0.1) is 10.7 Å². The molecule has 0 aliphatic rings. The maximum Gasteiger partial charge on any atom is 0.170 e. The molecule has 0 heterocycles. The van der Waals surface area contributed by atoms with E-state index in [0.29, 0.717) is 16.1 Å². The first-order valence-corrected chi connectivity index (χ1v) is 9.37. The minimum absolute atomic E-state index is 0.474. The summed E-state index contributed by atoms with van der Waals surface area (Å²) in [4.78, 5) is 1.22. The Morgan fingerprint density at radius 2 is 1.83 bits per heavy atom. The Bertz CT molecular complexity index is 647. The van der Waals surface area contributed by atoms with Crippen LogP contribution in [-0.2, 0) is 0 Å². The van der Waals surface area contributed by atoms with Gasteiger partial charge in [-0.2, -0.15) is 0 Å². The topological polar surface area (TPSA) is 24.1 Å². The molecule has 0 aromatic heterocycles. The van der Waals surface area contributed by atoms with Crippen molar-refractivity contribution in [2.75, 3.05) is 17.6 Å². The van der Waals surface area contributed by atoms with Crippen LogP contribution in [0.5, 0.6) is 0 Å². The molecular weight excluding hydrogens is 367 g/mol. The minimum Gasteiger partial charge on any atom is -0.362 e. The van der Waals surface area contributed by atoms with E-state index >= 15 is 0 Å². The zero-order valence-corrected chi connectivity index (χ0v) is 15.8. The van der Waals surface area contributed by atoms with Crippen LogP contribution in [-0.4, -0.2) is 17.4 Å². The number of rotatable bonds is 6. The average Bonchev–Trinajstić information content (AvgIpc) is 2.54. The molecule has 1 atom stereocenters. The highest BCUT2D eigenvalue weighted by Crippen LogP contribution is 2.22. The van der Waals surface area contributed by atoms with Gasteiger partial charge >= 0.3 is 0 Å². The van der Waals surface area contributed by atoms with E-state index in [1.807, 2.05) is 60.3 Å². The van der Waals surface area contributed by atoms with Crippen LogP contribution in [0.2, 0.25) is 10.0 Å². The van der Waals surface area contributed by atoms with Crippen LogP contribution in [0.25, 0.3) is 0 Å². The van der Waals surface area contributed by atoms with Gasteiger partial charge < -0.3 is 10.6 Å². The lowest BCUT2D eigenvalue weighted by molar-refractivity contribution is 0.637. The summed E-state index contributed by atoms with van der Waals surface area (Å²) in [6.07, 6.45) is 0. The summed E-state index contributed by atoms with van der Waals surface area (Å²) in [5.41, 5.74) is 0.815. The lowest BCUT2D eigenvalue weighted by atomic mass is 10.2. The molecular formula is C17H18Cl2N2S2. The quantitative estimate of drug-likeness (QED) is 0.491. The Morgan fingerprint density at radius 1 is 1.13 bits per heavy atom. The number of thioether (sulfide) groups is 1. The first kappa shape index (κ1) is 18.4. The molecule has 0 bridgehead atoms. The highest BCUT2D eigenvalue weighted by atomic mass is 35.5. The number of halogens is 2. The molecule has 23 heavy (non-hydrogen) atoms. The monoisotopic (exact) mass is 384 g/mol. The molecule has 0 aliphatic heterocycles. The molecule has 0 amide bonds. The van der Waals surface area contributed by atoms with Crippen molar-refractivity contribution in [2.24, 2.45) is 5.92 Å². The Balaban J connectivity index is 1.71. The van der Waals surface area contributed by atoms with E-state index in [2.05, 4.69) is 17.6 Å². The van der Waals surface area contributed by atoms with E-state index in [0.717, 1.165) is 23.0 Å². The number of benzene rings is 2. The fourth-order valence-electron chi connectivity index (χ4n) is 1.82. The van der Waals surface area contributed by atoms with Crippen molar-refractivity contribution in [3.05, 3.63) is 58.6 Å². The maximum atomic E-state index is 6.10. The molecule has 0 fully saturated rings. The second-order valence-electron chi connectivity index (χ2n) is 5.18. The summed E-state index contributed by atoms with van der Waals surface area (Å²) >= 11 is 19.1. The predicted molar refractivity (Wildman–Crippen MR) is 107 cm³/mol. The maximum absolute atomic E-state index is 6.10. The fourth-order valence-corrected chi connectivity index (χ4v) is 3.25. The molecule has 2 rings (SSSR count). The van der Waals surface area contributed by atoms with Gasteiger partial charge in [0.2, 0.25) is 0 Å². The van der Waals surface area contributed by atoms with Gasteiger partial charge in [-0.3, -0.25) is 0 Å². The van der Waals surface area contributed by atoms with Gasteiger partial charge in [-0.05, 0) is 54.5 Å². The van der Waals surface area contributed by atoms with Gasteiger partial charge in [-0.1, -0.05) is 42.3 Å². The highest BCUT2D eigenvalue weighted by Gasteiger charge is 2.06. The van der Waals surface area contributed by atoms with E-state index in [4.69, 9.17) is 35.4 Å². The Hall–Kier alpha value is -0.940. The molecule has 2 nitrogen and oxygen atoms in total. The second kappa shape index (κ2) is 9.38. The van der Waals surface area contributed by atoms with Crippen molar-refractivity contribution in [1.82, 2.24) is 5.32 Å². The van der Waals surface area contributed by atoms with E-state index < -0.39 is 0 Å². The van der Waals surface area contributed by atoms with Crippen molar-refractivity contribution < 1.29 is 0 Å². The summed E-state index contributed by atoms with van der Waals surface area (Å²) in [6, 6.07) is 15.4. The summed E-state index contributed by atoms with van der Waals surface area (Å²) in [5, 5.41) is 8.35. The summed E-state index contributed by atoms with van der Waals surface area (Å²) in [7, 11) is 0. The Kier molecular flexibility index (Phi) is 7.50. The van der Waals surface area contributed by atoms with Gasteiger partial charge in [0.1, 0.15) is 0 Å². The number of anilines is 1. The third-order valence-corrected chi connectivity index (χ3v) is 5.25. The van der Waals surface area contributed by atoms with Gasteiger partial charge in [-0.25, -0.2) is 0 Å². The Morgan fingerprint density at radius 3 is 2.52 bits per heavy atom. The molecule has 122 valence electrons. The number of hydrogen-bond donors (Lipinski definition) is 2. The van der Waals surface area contributed by atoms with Crippen molar-refractivity contribution >= 4 is 58.0 Å². The highest BCUT2D eigenvalue weighted by molar-refractivity contribution is 7.99. The number of para-hydroxylation sites is 1. The van der Waals surface area contributed by atoms with Crippen LogP contribution in [0.15, 0.2) is 53.4 Å². The van der Waals surface area contributed by atoms with Crippen LogP contribution in [0.3, 0.4) is 0 Å². The lowest BCUT2D eigenvalue weighted by Gasteiger charge is -2.15. The van der Waals surface area contributed by atoms with Crippen LogP contribution in [0, 0.1) is 5.92 Å². The van der Waals surface area contributed by atoms with Gasteiger partial charge in [0.25, 0.3) is 0 Å². The van der Waals surface area contributed by atoms with Crippen LogP contribution >= 0.6 is 47.2 Å². The molecule has 2 aromatic rings. The van der Waals surface area contributed by atoms with Crippen LogP contribution < -0.4 is 10.6 Å². The smallest absolute Gasteiger partial charge is 0.170 e. The van der Waals surface area contributed by atoms with Gasteiger partial charge in [0, 0.05) is 22.2 Å². The number of thiocarbonyl (C=S) groups is 1. The molecule has 0 saturated heterocycles. The zero-order chi connectivity index (χ0) is 16.7. The molecule has 2 aromatic carbocycles. The third kappa shape index (κ3) is 6.60. The van der Waals surface area contributed by atoms with E-state index in [1.54, 1.807) is 0 Å². The molecule has 0 aliphatic carbocycles. The molecule has 2 N–H and O–H groups in total. The van der Waals surface area contributed by atoms with Crippen molar-refractivity contribution in [3.8, 4) is 0 Å². The molecule has 0 radical (unpaired) electrons. The molecule has 0 spiro atoms. The van der Waals surface area contributed by atoms with Crippen LogP contribution in [0.4, 0.5) is 5.69 Å². The summed E-state index contributed by atoms with van der Waals surface area (Å²) < 4.78 is 0. The van der Waals surface area contributed by atoms with E-state index in [-0.39, 0.29) is 0 Å². The number of hydrogen-bond acceptors (Lipinski definition) is 2. The van der Waals surface area contributed by atoms with Gasteiger partial charge in [-0.15, -0.1) is 11.8 Å². The van der Waals surface area contributed by atoms with Crippen molar-refractivity contribution in [2.45, 2.75) is 11.8 Å². The zero-order valence-electron chi connectivity index (χ0n) is 12.7. The normalized spacial score (nSPS) is 11.8. The van der Waals surface area contributed by atoms with Gasteiger partial charge in [0.15, 0.2) is 5.11 Å². The second-order valence-corrected chi connectivity index (χ2v) is 7.53. The standard InChI is InChI=1S/C17H18Cl2N2S2/c1-12(11-23-14-8-6-13(18)7-9-14)10-20-17(22)21-16-5-3-2-4-15(16)19/h2-9,12H,10-11H2,1H3,(H2,20,21,22)/t12-/m1/s1. The van der Waals surface area contributed by atoms with Crippen LogP contribution in [0.1, 0.15) is 6.92 Å². The third-order valence-electron chi connectivity index (χ3n) is 3.08. The molecule has 0 unspecified atom stereocenters. The SMILES string of the molecule is C[C@H](CNC(=S)Nc1ccccc1Cl)CSc1ccc(Cl)cc1. The lowest BCUT2D eigenvalue weighted by Crippen LogP contribution is -2.32. The Labute approximate surface area is 157 Å². The number of nitrogens with one attached hydrogen (secondary N) is 2.